The summed E-state index contributed by atoms with van der Waals surface area (Å²) >= 11 is 3.45. The monoisotopic (exact) mass is 364 g/mol. The number of anilines is 1. The van der Waals surface area contributed by atoms with Crippen molar-refractivity contribution in [2.45, 2.75) is 45.1 Å². The van der Waals surface area contributed by atoms with E-state index in [4.69, 9.17) is 0 Å². The lowest BCUT2D eigenvalue weighted by Crippen LogP contribution is -2.35. The predicted molar refractivity (Wildman–Crippen MR) is 89.6 cm³/mol. The van der Waals surface area contributed by atoms with Crippen LogP contribution in [0.15, 0.2) is 22.7 Å². The summed E-state index contributed by atoms with van der Waals surface area (Å²) in [6, 6.07) is 6.10. The van der Waals surface area contributed by atoms with E-state index in [1.807, 2.05) is 30.0 Å². The van der Waals surface area contributed by atoms with Crippen molar-refractivity contribution in [3.63, 3.8) is 0 Å². The number of aryl methyl sites for hydroxylation is 1. The van der Waals surface area contributed by atoms with Gasteiger partial charge in [0.15, 0.2) is 0 Å². The Labute approximate surface area is 139 Å². The summed E-state index contributed by atoms with van der Waals surface area (Å²) in [6.07, 6.45) is 4.92. The van der Waals surface area contributed by atoms with Gasteiger partial charge >= 0.3 is 0 Å². The van der Waals surface area contributed by atoms with Crippen LogP contribution in [0.4, 0.5) is 5.69 Å². The van der Waals surface area contributed by atoms with Crippen LogP contribution in [0.2, 0.25) is 0 Å². The molecule has 0 radical (unpaired) electrons. The number of halogens is 1. The molecular weight excluding hydrogens is 344 g/mol. The van der Waals surface area contributed by atoms with Crippen molar-refractivity contribution in [2.75, 3.05) is 11.9 Å². The molecule has 1 aromatic carbocycles. The molecule has 1 aromatic rings. The van der Waals surface area contributed by atoms with Crippen LogP contribution in [0, 0.1) is 12.8 Å². The van der Waals surface area contributed by atoms with E-state index >= 15 is 0 Å². The fourth-order valence-corrected chi connectivity index (χ4v) is 3.69. The molecule has 1 saturated carbocycles. The third-order valence-electron chi connectivity index (χ3n) is 4.72. The highest BCUT2D eigenvalue weighted by Gasteiger charge is 2.38. The molecule has 1 atom stereocenters. The molecule has 4 nitrogen and oxygen atoms in total. The first-order chi connectivity index (χ1) is 10.5. The first-order valence-electron chi connectivity index (χ1n) is 7.91. The summed E-state index contributed by atoms with van der Waals surface area (Å²) in [5, 5.41) is 2.94. The van der Waals surface area contributed by atoms with Crippen LogP contribution in [0.25, 0.3) is 0 Å². The molecule has 5 heteroatoms. The largest absolute Gasteiger partial charge is 0.339 e. The van der Waals surface area contributed by atoms with Gasteiger partial charge in [-0.15, -0.1) is 0 Å². The molecule has 0 unspecified atom stereocenters. The molecule has 0 aromatic heterocycles. The van der Waals surface area contributed by atoms with Crippen LogP contribution < -0.4 is 5.32 Å². The molecule has 0 spiro atoms. The first kappa shape index (κ1) is 15.5. The standard InChI is InChI=1S/C17H21BrN2O2/c1-11-8-13(6-7-15(11)18)19-17(22)12-9-16(21)20(10-12)14-4-2-3-5-14/h6-8,12,14H,2-5,9-10H2,1H3,(H,19,22)/t12-/m0/s1. The zero-order valence-electron chi connectivity index (χ0n) is 12.8. The smallest absolute Gasteiger partial charge is 0.229 e. The third kappa shape index (κ3) is 3.19. The van der Waals surface area contributed by atoms with Gasteiger partial charge in [-0.25, -0.2) is 0 Å². The Hall–Kier alpha value is -1.36. The van der Waals surface area contributed by atoms with Gasteiger partial charge in [-0.2, -0.15) is 0 Å². The van der Waals surface area contributed by atoms with Crippen molar-refractivity contribution in [2.24, 2.45) is 5.92 Å². The van der Waals surface area contributed by atoms with Crippen LogP contribution in [0.5, 0.6) is 0 Å². The van der Waals surface area contributed by atoms with Crippen molar-refractivity contribution in [1.29, 1.82) is 0 Å². The zero-order valence-corrected chi connectivity index (χ0v) is 14.4. The molecule has 1 saturated heterocycles. The summed E-state index contributed by atoms with van der Waals surface area (Å²) in [5.41, 5.74) is 1.87. The molecule has 1 heterocycles. The lowest BCUT2D eigenvalue weighted by atomic mass is 10.1. The number of nitrogens with zero attached hydrogens (tertiary/aromatic N) is 1. The molecule has 1 N–H and O–H groups in total. The summed E-state index contributed by atoms with van der Waals surface area (Å²) in [5.74, 6) is -0.133. The Morgan fingerprint density at radius 1 is 1.32 bits per heavy atom. The molecule has 22 heavy (non-hydrogen) atoms. The van der Waals surface area contributed by atoms with Gasteiger partial charge in [0.2, 0.25) is 11.8 Å². The Morgan fingerprint density at radius 2 is 2.05 bits per heavy atom. The van der Waals surface area contributed by atoms with Gasteiger partial charge < -0.3 is 10.2 Å². The molecule has 1 aliphatic heterocycles. The number of rotatable bonds is 3. The number of hydrogen-bond acceptors (Lipinski definition) is 2. The van der Waals surface area contributed by atoms with E-state index in [2.05, 4.69) is 21.2 Å². The number of likely N-dealkylation sites (tertiary alicyclic amines) is 1. The van der Waals surface area contributed by atoms with E-state index in [1.54, 1.807) is 0 Å². The van der Waals surface area contributed by atoms with Crippen LogP contribution in [-0.2, 0) is 9.59 Å². The number of nitrogens with one attached hydrogen (secondary N) is 1. The van der Waals surface area contributed by atoms with Gasteiger partial charge in [-0.1, -0.05) is 28.8 Å². The van der Waals surface area contributed by atoms with E-state index in [-0.39, 0.29) is 17.7 Å². The molecule has 2 fully saturated rings. The second-order valence-corrected chi connectivity index (χ2v) is 7.19. The Kier molecular flexibility index (Phi) is 4.52. The van der Waals surface area contributed by atoms with Crippen molar-refractivity contribution in [3.8, 4) is 0 Å². The topological polar surface area (TPSA) is 49.4 Å². The molecule has 0 bridgehead atoms. The van der Waals surface area contributed by atoms with Crippen molar-refractivity contribution < 1.29 is 9.59 Å². The van der Waals surface area contributed by atoms with Gasteiger partial charge in [-0.3, -0.25) is 9.59 Å². The van der Waals surface area contributed by atoms with Crippen molar-refractivity contribution in [1.82, 2.24) is 4.90 Å². The lowest BCUT2D eigenvalue weighted by Gasteiger charge is -2.23. The van der Waals surface area contributed by atoms with Crippen molar-refractivity contribution in [3.05, 3.63) is 28.2 Å². The minimum atomic E-state index is -0.225. The SMILES string of the molecule is Cc1cc(NC(=O)[C@H]2CC(=O)N(C3CCCC3)C2)ccc1Br. The normalized spacial score (nSPS) is 22.4. The van der Waals surface area contributed by atoms with Gasteiger partial charge in [0.05, 0.1) is 5.92 Å². The maximum absolute atomic E-state index is 12.4. The van der Waals surface area contributed by atoms with E-state index in [0.717, 1.165) is 28.6 Å². The molecular formula is C17H21BrN2O2. The number of hydrogen-bond donors (Lipinski definition) is 1. The summed E-state index contributed by atoms with van der Waals surface area (Å²) in [4.78, 5) is 26.5. The Balaban J connectivity index is 1.63. The first-order valence-corrected chi connectivity index (χ1v) is 8.70. The number of amides is 2. The average molecular weight is 365 g/mol. The highest BCUT2D eigenvalue weighted by molar-refractivity contribution is 9.10. The highest BCUT2D eigenvalue weighted by atomic mass is 79.9. The zero-order chi connectivity index (χ0) is 15.7. The van der Waals surface area contributed by atoms with Crippen LogP contribution in [0.3, 0.4) is 0 Å². The van der Waals surface area contributed by atoms with E-state index in [9.17, 15) is 9.59 Å². The van der Waals surface area contributed by atoms with E-state index < -0.39 is 0 Å². The van der Waals surface area contributed by atoms with Crippen LogP contribution in [-0.4, -0.2) is 29.3 Å². The fourth-order valence-electron chi connectivity index (χ4n) is 3.44. The Morgan fingerprint density at radius 3 is 2.73 bits per heavy atom. The minimum Gasteiger partial charge on any atom is -0.339 e. The van der Waals surface area contributed by atoms with Gasteiger partial charge in [-0.05, 0) is 43.5 Å². The maximum Gasteiger partial charge on any atom is 0.229 e. The quantitative estimate of drug-likeness (QED) is 0.892. The molecule has 2 aliphatic rings. The van der Waals surface area contributed by atoms with Gasteiger partial charge in [0.25, 0.3) is 0 Å². The lowest BCUT2D eigenvalue weighted by molar-refractivity contribution is -0.129. The van der Waals surface area contributed by atoms with Gasteiger partial charge in [0, 0.05) is 29.2 Å². The summed E-state index contributed by atoms with van der Waals surface area (Å²) < 4.78 is 1.02. The van der Waals surface area contributed by atoms with Crippen LogP contribution >= 0.6 is 15.9 Å². The second kappa shape index (κ2) is 6.41. The maximum atomic E-state index is 12.4. The van der Waals surface area contributed by atoms with E-state index in [1.165, 1.54) is 12.8 Å². The van der Waals surface area contributed by atoms with Gasteiger partial charge in [0.1, 0.15) is 0 Å². The molecule has 3 rings (SSSR count). The molecule has 1 aliphatic carbocycles. The molecule has 118 valence electrons. The summed E-state index contributed by atoms with van der Waals surface area (Å²) in [6.45, 7) is 2.56. The molecule has 2 amide bonds. The minimum absolute atomic E-state index is 0.0458. The third-order valence-corrected chi connectivity index (χ3v) is 5.61. The fraction of sp³-hybridized carbons (Fsp3) is 0.529. The second-order valence-electron chi connectivity index (χ2n) is 6.34. The van der Waals surface area contributed by atoms with Crippen LogP contribution in [0.1, 0.15) is 37.7 Å². The number of carbonyl (C=O) groups excluding carboxylic acids is 2. The average Bonchev–Trinajstić information content (AvgIpc) is 3.12. The van der Waals surface area contributed by atoms with Crippen molar-refractivity contribution >= 4 is 33.4 Å². The van der Waals surface area contributed by atoms with E-state index in [0.29, 0.717) is 19.0 Å². The number of benzene rings is 1. The number of carbonyl (C=O) groups is 2. The Bertz CT molecular complexity index is 596. The highest BCUT2D eigenvalue weighted by Crippen LogP contribution is 2.30. The predicted octanol–water partition coefficient (Wildman–Crippen LogP) is 3.49. The summed E-state index contributed by atoms with van der Waals surface area (Å²) in [7, 11) is 0.